The van der Waals surface area contributed by atoms with Crippen LogP contribution in [0.5, 0.6) is 0 Å². The average molecular weight is 532 g/mol. The first-order chi connectivity index (χ1) is 18.1. The van der Waals surface area contributed by atoms with E-state index in [0.29, 0.717) is 19.4 Å². The molecule has 1 aliphatic rings. The predicted molar refractivity (Wildman–Crippen MR) is 146 cm³/mol. The van der Waals surface area contributed by atoms with Gasteiger partial charge < -0.3 is 9.84 Å². The molecule has 0 spiro atoms. The van der Waals surface area contributed by atoms with Crippen molar-refractivity contribution < 1.29 is 29.1 Å². The second kappa shape index (κ2) is 16.3. The van der Waals surface area contributed by atoms with Gasteiger partial charge in [0.05, 0.1) is 0 Å². The molecule has 3 amide bonds. The summed E-state index contributed by atoms with van der Waals surface area (Å²) in [6.07, 6.45) is 5.14. The Morgan fingerprint density at radius 2 is 1.82 bits per heavy atom. The van der Waals surface area contributed by atoms with Crippen molar-refractivity contribution in [1.82, 2.24) is 15.5 Å². The molecule has 1 unspecified atom stereocenters. The minimum atomic E-state index is -1.34. The normalized spacial score (nSPS) is 17.4. The van der Waals surface area contributed by atoms with Crippen LogP contribution < -0.4 is 5.48 Å². The van der Waals surface area contributed by atoms with Crippen LogP contribution >= 0.6 is 0 Å². The van der Waals surface area contributed by atoms with Crippen LogP contribution in [0, 0.1) is 11.8 Å². The number of amides is 3. The topological polar surface area (TPSA) is 108 Å². The number of nitrogens with one attached hydrogen (secondary N) is 1. The van der Waals surface area contributed by atoms with Crippen LogP contribution in [0.25, 0.3) is 6.08 Å². The first-order valence-electron chi connectivity index (χ1n) is 13.7. The quantitative estimate of drug-likeness (QED) is 0.372. The molecule has 0 aliphatic carbocycles. The van der Waals surface area contributed by atoms with Gasteiger partial charge in [-0.15, -0.1) is 0 Å². The van der Waals surface area contributed by atoms with Gasteiger partial charge in [0.1, 0.15) is 12.1 Å². The van der Waals surface area contributed by atoms with Crippen molar-refractivity contribution in [2.45, 2.75) is 91.6 Å². The van der Waals surface area contributed by atoms with Crippen molar-refractivity contribution in [3.05, 3.63) is 42.0 Å². The van der Waals surface area contributed by atoms with Gasteiger partial charge >= 0.3 is 0 Å². The number of ether oxygens (including phenoxy) is 1. The SMILES string of the molecule is CC(C)CCC(=O)N([C@@H](CC=Cc1ccccc1)C(=O)NOC1CCCCO1)N(CC(C)C)C(=O)[C@@H](C)O. The van der Waals surface area contributed by atoms with Crippen molar-refractivity contribution in [1.29, 1.82) is 0 Å². The molecule has 1 aromatic carbocycles. The fourth-order valence-electron chi connectivity index (χ4n) is 4.06. The third kappa shape index (κ3) is 10.6. The maximum absolute atomic E-state index is 13.7. The summed E-state index contributed by atoms with van der Waals surface area (Å²) in [5.74, 6) is -1.34. The van der Waals surface area contributed by atoms with Gasteiger partial charge in [0.15, 0.2) is 6.29 Å². The molecule has 1 saturated heterocycles. The Kier molecular flexibility index (Phi) is 13.5. The van der Waals surface area contributed by atoms with Crippen molar-refractivity contribution in [2.75, 3.05) is 13.2 Å². The predicted octanol–water partition coefficient (Wildman–Crippen LogP) is 4.08. The first-order valence-corrected chi connectivity index (χ1v) is 13.7. The Morgan fingerprint density at radius 3 is 2.39 bits per heavy atom. The van der Waals surface area contributed by atoms with Crippen molar-refractivity contribution in [2.24, 2.45) is 11.8 Å². The van der Waals surface area contributed by atoms with E-state index in [4.69, 9.17) is 9.57 Å². The van der Waals surface area contributed by atoms with Crippen LogP contribution in [0.4, 0.5) is 0 Å². The van der Waals surface area contributed by atoms with Crippen LogP contribution in [0.1, 0.15) is 78.7 Å². The van der Waals surface area contributed by atoms with Crippen LogP contribution in [-0.2, 0) is 24.0 Å². The Labute approximate surface area is 227 Å². The van der Waals surface area contributed by atoms with Crippen LogP contribution in [0.15, 0.2) is 36.4 Å². The van der Waals surface area contributed by atoms with E-state index in [9.17, 15) is 19.5 Å². The highest BCUT2D eigenvalue weighted by atomic mass is 16.8. The van der Waals surface area contributed by atoms with Gasteiger partial charge in [0.25, 0.3) is 11.8 Å². The second-order valence-corrected chi connectivity index (χ2v) is 10.6. The van der Waals surface area contributed by atoms with Gasteiger partial charge in [-0.05, 0) is 50.0 Å². The zero-order chi connectivity index (χ0) is 28.1. The van der Waals surface area contributed by atoms with E-state index in [1.54, 1.807) is 6.08 Å². The number of hydrogen-bond acceptors (Lipinski definition) is 6. The number of aliphatic hydroxyl groups is 1. The first kappa shape index (κ1) is 31.5. The zero-order valence-electron chi connectivity index (χ0n) is 23.5. The molecule has 212 valence electrons. The molecule has 2 rings (SSSR count). The molecule has 3 atom stereocenters. The molecular weight excluding hydrogens is 486 g/mol. The minimum absolute atomic E-state index is 0.0199. The zero-order valence-corrected chi connectivity index (χ0v) is 23.5. The fraction of sp³-hybridized carbons (Fsp3) is 0.621. The number of hydroxylamine groups is 1. The van der Waals surface area contributed by atoms with Crippen molar-refractivity contribution in [3.63, 3.8) is 0 Å². The molecule has 1 aliphatic heterocycles. The maximum Gasteiger partial charge on any atom is 0.269 e. The number of carbonyl (C=O) groups is 3. The molecule has 1 fully saturated rings. The summed E-state index contributed by atoms with van der Waals surface area (Å²) < 4.78 is 5.56. The van der Waals surface area contributed by atoms with E-state index in [1.807, 2.05) is 64.1 Å². The minimum Gasteiger partial charge on any atom is -0.383 e. The van der Waals surface area contributed by atoms with Crippen LogP contribution in [0.2, 0.25) is 0 Å². The lowest BCUT2D eigenvalue weighted by atomic mass is 10.1. The smallest absolute Gasteiger partial charge is 0.269 e. The molecular formula is C29H45N3O6. The molecule has 38 heavy (non-hydrogen) atoms. The molecule has 1 heterocycles. The standard InChI is InChI=1S/C29H45N3O6/c1-21(2)17-18-26(34)32(31(20-22(3)4)29(36)23(5)33)25(15-11-14-24-12-7-6-8-13-24)28(35)30-38-27-16-9-10-19-37-27/h6-8,11-14,21-23,25,27,33H,9-10,15-20H2,1-5H3,(H,30,35)/t23-,25+,27?/m1/s1. The molecule has 0 saturated carbocycles. The lowest BCUT2D eigenvalue weighted by Gasteiger charge is -2.41. The average Bonchev–Trinajstić information content (AvgIpc) is 2.89. The number of benzene rings is 1. The Morgan fingerprint density at radius 1 is 1.11 bits per heavy atom. The van der Waals surface area contributed by atoms with E-state index < -0.39 is 30.3 Å². The molecule has 1 aromatic rings. The van der Waals surface area contributed by atoms with Crippen molar-refractivity contribution >= 4 is 23.8 Å². The molecule has 0 aromatic heterocycles. The van der Waals surface area contributed by atoms with E-state index in [0.717, 1.165) is 18.4 Å². The number of nitrogens with zero attached hydrogens (tertiary/aromatic N) is 2. The number of carbonyl (C=O) groups excluding carboxylic acids is 3. The summed E-state index contributed by atoms with van der Waals surface area (Å²) in [6, 6.07) is 8.52. The summed E-state index contributed by atoms with van der Waals surface area (Å²) in [5, 5.41) is 12.6. The second-order valence-electron chi connectivity index (χ2n) is 10.6. The number of hydrogen-bond donors (Lipinski definition) is 2. The van der Waals surface area contributed by atoms with Gasteiger partial charge in [-0.3, -0.25) is 14.4 Å². The fourth-order valence-corrected chi connectivity index (χ4v) is 4.06. The molecule has 0 radical (unpaired) electrons. The highest BCUT2D eigenvalue weighted by Crippen LogP contribution is 2.20. The summed E-state index contributed by atoms with van der Waals surface area (Å²) in [7, 11) is 0. The summed E-state index contributed by atoms with van der Waals surface area (Å²) in [6.45, 7) is 9.91. The molecule has 2 N–H and O–H groups in total. The highest BCUT2D eigenvalue weighted by molar-refractivity contribution is 5.90. The summed E-state index contributed by atoms with van der Waals surface area (Å²) >= 11 is 0. The monoisotopic (exact) mass is 531 g/mol. The molecule has 0 bridgehead atoms. The van der Waals surface area contributed by atoms with Gasteiger partial charge in [0, 0.05) is 26.0 Å². The molecule has 9 nitrogen and oxygen atoms in total. The number of rotatable bonds is 13. The van der Waals surface area contributed by atoms with E-state index >= 15 is 0 Å². The maximum atomic E-state index is 13.7. The third-order valence-electron chi connectivity index (χ3n) is 6.10. The largest absolute Gasteiger partial charge is 0.383 e. The van der Waals surface area contributed by atoms with Gasteiger partial charge in [-0.2, -0.15) is 0 Å². The van der Waals surface area contributed by atoms with Gasteiger partial charge in [-0.1, -0.05) is 70.2 Å². The van der Waals surface area contributed by atoms with E-state index in [1.165, 1.54) is 16.9 Å². The van der Waals surface area contributed by atoms with Gasteiger partial charge in [-0.25, -0.2) is 20.3 Å². The Balaban J connectivity index is 2.42. The summed E-state index contributed by atoms with van der Waals surface area (Å²) in [4.78, 5) is 46.0. The lowest BCUT2D eigenvalue weighted by molar-refractivity contribution is -0.206. The van der Waals surface area contributed by atoms with E-state index in [-0.39, 0.29) is 37.1 Å². The summed E-state index contributed by atoms with van der Waals surface area (Å²) in [5.41, 5.74) is 3.43. The Hall–Kier alpha value is -2.75. The number of hydrazine groups is 1. The highest BCUT2D eigenvalue weighted by Gasteiger charge is 2.38. The lowest BCUT2D eigenvalue weighted by Crippen LogP contribution is -2.61. The van der Waals surface area contributed by atoms with Crippen LogP contribution in [0.3, 0.4) is 0 Å². The van der Waals surface area contributed by atoms with Crippen molar-refractivity contribution in [3.8, 4) is 0 Å². The van der Waals surface area contributed by atoms with E-state index in [2.05, 4.69) is 5.48 Å². The Bertz CT molecular complexity index is 897. The molecule has 9 heteroatoms. The third-order valence-corrected chi connectivity index (χ3v) is 6.10. The van der Waals surface area contributed by atoms with Crippen LogP contribution in [-0.4, -0.2) is 64.4 Å². The van der Waals surface area contributed by atoms with Gasteiger partial charge in [0.2, 0.25) is 5.91 Å². The number of aliphatic hydroxyl groups excluding tert-OH is 1.